The van der Waals surface area contributed by atoms with Crippen molar-refractivity contribution in [3.05, 3.63) is 35.9 Å². The number of nitrogens with one attached hydrogen (secondary N) is 2. The van der Waals surface area contributed by atoms with Crippen molar-refractivity contribution in [1.29, 1.82) is 0 Å². The molecule has 19 heavy (non-hydrogen) atoms. The van der Waals surface area contributed by atoms with Gasteiger partial charge >= 0.3 is 0 Å². The molecule has 2 atom stereocenters. The molecule has 4 nitrogen and oxygen atoms in total. The fourth-order valence-electron chi connectivity index (χ4n) is 2.35. The van der Waals surface area contributed by atoms with Gasteiger partial charge in [0.2, 0.25) is 11.8 Å². The van der Waals surface area contributed by atoms with Crippen LogP contribution in [0.4, 0.5) is 0 Å². The quantitative estimate of drug-likeness (QED) is 0.867. The van der Waals surface area contributed by atoms with Crippen LogP contribution in [-0.4, -0.2) is 18.4 Å². The van der Waals surface area contributed by atoms with Crippen molar-refractivity contribution in [2.45, 2.75) is 32.2 Å². The highest BCUT2D eigenvalue weighted by atomic mass is 16.2. The van der Waals surface area contributed by atoms with Gasteiger partial charge in [0.1, 0.15) is 0 Å². The van der Waals surface area contributed by atoms with E-state index in [-0.39, 0.29) is 23.8 Å². The van der Waals surface area contributed by atoms with Gasteiger partial charge in [0.05, 0.1) is 12.0 Å². The lowest BCUT2D eigenvalue weighted by molar-refractivity contribution is -0.129. The molecule has 1 saturated heterocycles. The van der Waals surface area contributed by atoms with Crippen molar-refractivity contribution in [2.24, 2.45) is 5.92 Å². The maximum Gasteiger partial charge on any atom is 0.225 e. The molecule has 0 spiro atoms. The minimum absolute atomic E-state index is 0.0377. The fourth-order valence-corrected chi connectivity index (χ4v) is 2.35. The molecule has 0 aliphatic carbocycles. The lowest BCUT2D eigenvalue weighted by Gasteiger charge is -2.25. The van der Waals surface area contributed by atoms with E-state index in [2.05, 4.69) is 17.6 Å². The number of carbonyl (C=O) groups is 2. The molecule has 4 heteroatoms. The molecular weight excluding hydrogens is 240 g/mol. The summed E-state index contributed by atoms with van der Waals surface area (Å²) in [5.41, 5.74) is 1.12. The second-order valence-electron chi connectivity index (χ2n) is 4.92. The Hall–Kier alpha value is -1.84. The lowest BCUT2D eigenvalue weighted by Crippen LogP contribution is -2.43. The van der Waals surface area contributed by atoms with Crippen molar-refractivity contribution in [3.63, 3.8) is 0 Å². The average Bonchev–Trinajstić information content (AvgIpc) is 2.46. The van der Waals surface area contributed by atoms with Gasteiger partial charge in [0, 0.05) is 13.0 Å². The van der Waals surface area contributed by atoms with Crippen LogP contribution in [0, 0.1) is 5.92 Å². The zero-order valence-corrected chi connectivity index (χ0v) is 11.2. The second-order valence-corrected chi connectivity index (χ2v) is 4.92. The average molecular weight is 260 g/mol. The van der Waals surface area contributed by atoms with Gasteiger partial charge in [-0.05, 0) is 18.4 Å². The van der Waals surface area contributed by atoms with Crippen LogP contribution in [0.15, 0.2) is 30.3 Å². The number of benzene rings is 1. The monoisotopic (exact) mass is 260 g/mol. The summed E-state index contributed by atoms with van der Waals surface area (Å²) in [6, 6.07) is 10.0. The standard InChI is InChI=1S/C15H20N2O2/c1-2-13(11-6-4-3-5-7-11)17-15(19)12-8-9-14(18)16-10-12/h3-7,12-13H,2,8-10H2,1H3,(H,16,18)(H,17,19). The minimum Gasteiger partial charge on any atom is -0.355 e. The number of hydrogen-bond donors (Lipinski definition) is 2. The van der Waals surface area contributed by atoms with Crippen LogP contribution in [0.25, 0.3) is 0 Å². The molecule has 1 aliphatic heterocycles. The maximum absolute atomic E-state index is 12.2. The van der Waals surface area contributed by atoms with Gasteiger partial charge < -0.3 is 10.6 Å². The first kappa shape index (κ1) is 13.6. The number of carbonyl (C=O) groups excluding carboxylic acids is 2. The molecule has 1 aliphatic rings. The van der Waals surface area contributed by atoms with Gasteiger partial charge in [-0.2, -0.15) is 0 Å². The molecule has 1 fully saturated rings. The first-order chi connectivity index (χ1) is 9.20. The third-order valence-electron chi connectivity index (χ3n) is 3.56. The Labute approximate surface area is 113 Å². The molecule has 2 rings (SSSR count). The Morgan fingerprint density at radius 3 is 2.74 bits per heavy atom. The van der Waals surface area contributed by atoms with E-state index in [4.69, 9.17) is 0 Å². The fraction of sp³-hybridized carbons (Fsp3) is 0.467. The molecule has 0 radical (unpaired) electrons. The highest BCUT2D eigenvalue weighted by Crippen LogP contribution is 2.18. The van der Waals surface area contributed by atoms with Crippen LogP contribution in [0.2, 0.25) is 0 Å². The highest BCUT2D eigenvalue weighted by molar-refractivity contribution is 5.83. The van der Waals surface area contributed by atoms with Gasteiger partial charge in [-0.25, -0.2) is 0 Å². The summed E-state index contributed by atoms with van der Waals surface area (Å²) in [7, 11) is 0. The lowest BCUT2D eigenvalue weighted by atomic mass is 9.97. The molecule has 1 aromatic rings. The van der Waals surface area contributed by atoms with Crippen molar-refractivity contribution in [2.75, 3.05) is 6.54 Å². The first-order valence-electron chi connectivity index (χ1n) is 6.82. The number of amides is 2. The van der Waals surface area contributed by atoms with E-state index in [0.717, 1.165) is 12.0 Å². The Morgan fingerprint density at radius 1 is 1.42 bits per heavy atom. The Balaban J connectivity index is 1.95. The minimum atomic E-state index is -0.101. The van der Waals surface area contributed by atoms with E-state index in [9.17, 15) is 9.59 Å². The first-order valence-corrected chi connectivity index (χ1v) is 6.82. The zero-order valence-electron chi connectivity index (χ0n) is 11.2. The number of hydrogen-bond acceptors (Lipinski definition) is 2. The van der Waals surface area contributed by atoms with Gasteiger partial charge in [-0.1, -0.05) is 37.3 Å². The predicted octanol–water partition coefficient (Wildman–Crippen LogP) is 1.78. The molecule has 1 heterocycles. The molecule has 0 saturated carbocycles. The SMILES string of the molecule is CCC(NC(=O)C1CCC(=O)NC1)c1ccccc1. The topological polar surface area (TPSA) is 58.2 Å². The summed E-state index contributed by atoms with van der Waals surface area (Å²) in [6.45, 7) is 2.51. The largest absolute Gasteiger partial charge is 0.355 e. The number of piperidine rings is 1. The van der Waals surface area contributed by atoms with E-state index in [1.807, 2.05) is 30.3 Å². The number of rotatable bonds is 4. The van der Waals surface area contributed by atoms with Crippen molar-refractivity contribution in [3.8, 4) is 0 Å². The van der Waals surface area contributed by atoms with Gasteiger partial charge in [0.25, 0.3) is 0 Å². The zero-order chi connectivity index (χ0) is 13.7. The summed E-state index contributed by atoms with van der Waals surface area (Å²) < 4.78 is 0. The molecule has 0 bridgehead atoms. The second kappa shape index (κ2) is 6.36. The summed E-state index contributed by atoms with van der Waals surface area (Å²) >= 11 is 0. The van der Waals surface area contributed by atoms with E-state index >= 15 is 0 Å². The third-order valence-corrected chi connectivity index (χ3v) is 3.56. The summed E-state index contributed by atoms with van der Waals surface area (Å²) in [5.74, 6) is -0.0229. The normalized spacial score (nSPS) is 20.5. The van der Waals surface area contributed by atoms with Crippen LogP contribution < -0.4 is 10.6 Å². The van der Waals surface area contributed by atoms with Crippen LogP contribution in [0.5, 0.6) is 0 Å². The molecule has 2 N–H and O–H groups in total. The van der Waals surface area contributed by atoms with Gasteiger partial charge in [-0.15, -0.1) is 0 Å². The molecule has 2 amide bonds. The Kier molecular flexibility index (Phi) is 4.55. The van der Waals surface area contributed by atoms with E-state index in [0.29, 0.717) is 19.4 Å². The van der Waals surface area contributed by atoms with E-state index in [1.165, 1.54) is 0 Å². The van der Waals surface area contributed by atoms with Gasteiger partial charge in [-0.3, -0.25) is 9.59 Å². The van der Waals surface area contributed by atoms with Crippen LogP contribution in [0.3, 0.4) is 0 Å². The highest BCUT2D eigenvalue weighted by Gasteiger charge is 2.25. The Morgan fingerprint density at radius 2 is 2.16 bits per heavy atom. The Bertz CT molecular complexity index is 435. The maximum atomic E-state index is 12.2. The molecule has 1 aromatic carbocycles. The van der Waals surface area contributed by atoms with E-state index in [1.54, 1.807) is 0 Å². The van der Waals surface area contributed by atoms with Crippen molar-refractivity contribution >= 4 is 11.8 Å². The summed E-state index contributed by atoms with van der Waals surface area (Å²) in [5, 5.41) is 5.82. The third kappa shape index (κ3) is 3.56. The van der Waals surface area contributed by atoms with Gasteiger partial charge in [0.15, 0.2) is 0 Å². The summed E-state index contributed by atoms with van der Waals surface area (Å²) in [4.78, 5) is 23.3. The molecular formula is C15H20N2O2. The van der Waals surface area contributed by atoms with Crippen LogP contribution in [0.1, 0.15) is 37.8 Å². The molecule has 2 unspecified atom stereocenters. The smallest absolute Gasteiger partial charge is 0.225 e. The van der Waals surface area contributed by atoms with Crippen LogP contribution >= 0.6 is 0 Å². The van der Waals surface area contributed by atoms with Crippen LogP contribution in [-0.2, 0) is 9.59 Å². The predicted molar refractivity (Wildman–Crippen MR) is 73.4 cm³/mol. The van der Waals surface area contributed by atoms with Crippen molar-refractivity contribution < 1.29 is 9.59 Å². The van der Waals surface area contributed by atoms with E-state index < -0.39 is 0 Å². The molecule has 102 valence electrons. The summed E-state index contributed by atoms with van der Waals surface area (Å²) in [6.07, 6.45) is 1.94. The molecule has 0 aromatic heterocycles. The van der Waals surface area contributed by atoms with Crippen molar-refractivity contribution in [1.82, 2.24) is 10.6 Å².